The first kappa shape index (κ1) is 19.6. The van der Waals surface area contributed by atoms with Gasteiger partial charge in [0.2, 0.25) is 10.0 Å². The minimum absolute atomic E-state index is 0.197. The number of carbonyl (C=O) groups excluding carboxylic acids is 1. The molecule has 6 heteroatoms. The maximum atomic E-state index is 12.7. The summed E-state index contributed by atoms with van der Waals surface area (Å²) in [5.74, 6) is -0.257. The Hall–Kier alpha value is -1.40. The van der Waals surface area contributed by atoms with Gasteiger partial charge in [-0.15, -0.1) is 0 Å². The Balaban J connectivity index is 3.26. The summed E-state index contributed by atoms with van der Waals surface area (Å²) in [5.41, 5.74) is 0.672. The zero-order chi connectivity index (χ0) is 17.8. The van der Waals surface area contributed by atoms with Gasteiger partial charge in [-0.3, -0.25) is 4.79 Å². The zero-order valence-corrected chi connectivity index (χ0v) is 15.8. The molecule has 1 rings (SSSR count). The predicted octanol–water partition coefficient (Wildman–Crippen LogP) is 2.94. The third-order valence-electron chi connectivity index (χ3n) is 4.11. The molecule has 0 aliphatic rings. The van der Waals surface area contributed by atoms with Crippen LogP contribution in [0.2, 0.25) is 0 Å². The maximum Gasteiger partial charge on any atom is 0.251 e. The van der Waals surface area contributed by atoms with E-state index in [-0.39, 0.29) is 16.3 Å². The van der Waals surface area contributed by atoms with E-state index >= 15 is 0 Å². The predicted molar refractivity (Wildman–Crippen MR) is 93.1 cm³/mol. The maximum absolute atomic E-state index is 12.7. The summed E-state index contributed by atoms with van der Waals surface area (Å²) in [6, 6.07) is 4.83. The average Bonchev–Trinajstić information content (AvgIpc) is 2.47. The molecule has 0 atom stereocenters. The summed E-state index contributed by atoms with van der Waals surface area (Å²) in [6.45, 7) is 12.0. The van der Waals surface area contributed by atoms with Crippen LogP contribution in [-0.2, 0) is 10.0 Å². The molecule has 1 aromatic carbocycles. The van der Waals surface area contributed by atoms with Crippen molar-refractivity contribution in [2.75, 3.05) is 13.1 Å². The number of benzene rings is 1. The molecule has 0 aliphatic heterocycles. The normalized spacial score (nSPS) is 12.5. The molecule has 1 N–H and O–H groups in total. The molecule has 1 amide bonds. The largest absolute Gasteiger partial charge is 0.347 e. The van der Waals surface area contributed by atoms with Crippen molar-refractivity contribution in [1.29, 1.82) is 0 Å². The van der Waals surface area contributed by atoms with Gasteiger partial charge in [-0.25, -0.2) is 8.42 Å². The third-order valence-corrected chi connectivity index (χ3v) is 6.30. The van der Waals surface area contributed by atoms with Crippen molar-refractivity contribution in [3.8, 4) is 0 Å². The van der Waals surface area contributed by atoms with E-state index in [0.717, 1.165) is 6.42 Å². The zero-order valence-electron chi connectivity index (χ0n) is 14.9. The number of nitrogens with one attached hydrogen (secondary N) is 1. The van der Waals surface area contributed by atoms with Crippen LogP contribution in [-0.4, -0.2) is 37.3 Å². The molecule has 130 valence electrons. The number of hydrogen-bond acceptors (Lipinski definition) is 3. The molecule has 0 unspecified atom stereocenters. The lowest BCUT2D eigenvalue weighted by Crippen LogP contribution is -2.42. The first-order chi connectivity index (χ1) is 10.6. The molecular weight excluding hydrogens is 312 g/mol. The fourth-order valence-electron chi connectivity index (χ4n) is 2.19. The Bertz CT molecular complexity index is 662. The molecule has 0 aliphatic carbocycles. The highest BCUT2D eigenvalue weighted by molar-refractivity contribution is 7.89. The van der Waals surface area contributed by atoms with Gasteiger partial charge in [0.05, 0.1) is 4.90 Å². The molecule has 0 spiro atoms. The van der Waals surface area contributed by atoms with Crippen molar-refractivity contribution in [3.05, 3.63) is 29.3 Å². The molecule has 0 fully saturated rings. The molecule has 0 bridgehead atoms. The van der Waals surface area contributed by atoms with E-state index < -0.39 is 10.0 Å². The highest BCUT2D eigenvalue weighted by Gasteiger charge is 2.25. The highest BCUT2D eigenvalue weighted by atomic mass is 32.2. The van der Waals surface area contributed by atoms with Crippen LogP contribution in [0.3, 0.4) is 0 Å². The van der Waals surface area contributed by atoms with Gasteiger partial charge in [0.25, 0.3) is 5.91 Å². The standard InChI is InChI=1S/C17H28N2O3S/c1-7-17(5,6)18-16(20)14-11-10-13(4)15(12-14)23(21,22)19(8-2)9-3/h10-12H,7-9H2,1-6H3,(H,18,20). The van der Waals surface area contributed by atoms with Gasteiger partial charge >= 0.3 is 0 Å². The number of rotatable bonds is 7. The molecule has 23 heavy (non-hydrogen) atoms. The minimum Gasteiger partial charge on any atom is -0.347 e. The van der Waals surface area contributed by atoms with Crippen molar-refractivity contribution in [1.82, 2.24) is 9.62 Å². The Morgan fingerprint density at radius 3 is 2.22 bits per heavy atom. The van der Waals surface area contributed by atoms with Crippen LogP contribution in [0.25, 0.3) is 0 Å². The Labute approximate surface area is 140 Å². The number of nitrogens with zero attached hydrogens (tertiary/aromatic N) is 1. The lowest BCUT2D eigenvalue weighted by Gasteiger charge is -2.25. The monoisotopic (exact) mass is 340 g/mol. The van der Waals surface area contributed by atoms with Crippen LogP contribution in [0.5, 0.6) is 0 Å². The number of sulfonamides is 1. The topological polar surface area (TPSA) is 66.5 Å². The van der Waals surface area contributed by atoms with E-state index in [0.29, 0.717) is 24.2 Å². The molecule has 0 aromatic heterocycles. The van der Waals surface area contributed by atoms with E-state index in [4.69, 9.17) is 0 Å². The average molecular weight is 340 g/mol. The summed E-state index contributed by atoms with van der Waals surface area (Å²) in [7, 11) is -3.58. The van der Waals surface area contributed by atoms with E-state index in [2.05, 4.69) is 5.32 Å². The van der Waals surface area contributed by atoms with E-state index in [1.165, 1.54) is 10.4 Å². The van der Waals surface area contributed by atoms with Crippen LogP contribution in [0, 0.1) is 6.92 Å². The van der Waals surface area contributed by atoms with Crippen molar-refractivity contribution >= 4 is 15.9 Å². The Kier molecular flexibility index (Phi) is 6.36. The van der Waals surface area contributed by atoms with Gasteiger partial charge in [-0.05, 0) is 44.9 Å². The second kappa shape index (κ2) is 7.45. The summed E-state index contributed by atoms with van der Waals surface area (Å²) in [5, 5.41) is 2.93. The smallest absolute Gasteiger partial charge is 0.251 e. The molecule has 1 aromatic rings. The molecule has 0 radical (unpaired) electrons. The number of hydrogen-bond donors (Lipinski definition) is 1. The van der Waals surface area contributed by atoms with Crippen molar-refractivity contribution in [3.63, 3.8) is 0 Å². The van der Waals surface area contributed by atoms with Crippen molar-refractivity contribution < 1.29 is 13.2 Å². The van der Waals surface area contributed by atoms with Crippen LogP contribution in [0.15, 0.2) is 23.1 Å². The second-order valence-corrected chi connectivity index (χ2v) is 8.17. The summed E-state index contributed by atoms with van der Waals surface area (Å²) < 4.78 is 26.8. The van der Waals surface area contributed by atoms with Crippen LogP contribution in [0.1, 0.15) is 57.0 Å². The molecular formula is C17H28N2O3S. The first-order valence-electron chi connectivity index (χ1n) is 8.02. The molecule has 0 heterocycles. The van der Waals surface area contributed by atoms with Gasteiger partial charge in [0, 0.05) is 24.2 Å². The number of aryl methyl sites for hydroxylation is 1. The minimum atomic E-state index is -3.58. The van der Waals surface area contributed by atoms with Gasteiger partial charge in [-0.2, -0.15) is 4.31 Å². The fraction of sp³-hybridized carbons (Fsp3) is 0.588. The number of carbonyl (C=O) groups is 1. The van der Waals surface area contributed by atoms with Gasteiger partial charge in [0.15, 0.2) is 0 Å². The SMILES string of the molecule is CCN(CC)S(=O)(=O)c1cc(C(=O)NC(C)(C)CC)ccc1C. The van der Waals surface area contributed by atoms with Gasteiger partial charge in [-0.1, -0.05) is 26.8 Å². The first-order valence-corrected chi connectivity index (χ1v) is 9.46. The lowest BCUT2D eigenvalue weighted by molar-refractivity contribution is 0.0911. The summed E-state index contributed by atoms with van der Waals surface area (Å²) >= 11 is 0. The highest BCUT2D eigenvalue weighted by Crippen LogP contribution is 2.22. The van der Waals surface area contributed by atoms with Gasteiger partial charge < -0.3 is 5.32 Å². The molecule has 0 saturated heterocycles. The van der Waals surface area contributed by atoms with E-state index in [1.807, 2.05) is 20.8 Å². The van der Waals surface area contributed by atoms with Gasteiger partial charge in [0.1, 0.15) is 0 Å². The third kappa shape index (κ3) is 4.54. The number of amides is 1. The van der Waals surface area contributed by atoms with Crippen molar-refractivity contribution in [2.45, 2.75) is 58.4 Å². The second-order valence-electron chi connectivity index (χ2n) is 6.26. The molecule has 0 saturated carbocycles. The van der Waals surface area contributed by atoms with Crippen LogP contribution in [0.4, 0.5) is 0 Å². The summed E-state index contributed by atoms with van der Waals surface area (Å²) in [4.78, 5) is 12.6. The van der Waals surface area contributed by atoms with Crippen LogP contribution < -0.4 is 5.32 Å². The van der Waals surface area contributed by atoms with Crippen LogP contribution >= 0.6 is 0 Å². The van der Waals surface area contributed by atoms with Crippen molar-refractivity contribution in [2.24, 2.45) is 0 Å². The van der Waals surface area contributed by atoms with E-state index in [1.54, 1.807) is 32.9 Å². The van der Waals surface area contributed by atoms with E-state index in [9.17, 15) is 13.2 Å². The molecule has 5 nitrogen and oxygen atoms in total. The summed E-state index contributed by atoms with van der Waals surface area (Å²) in [6.07, 6.45) is 0.787. The fourth-order valence-corrected chi connectivity index (χ4v) is 3.90. The lowest BCUT2D eigenvalue weighted by atomic mass is 10.0. The Morgan fingerprint density at radius 1 is 1.17 bits per heavy atom. The Morgan fingerprint density at radius 2 is 1.74 bits per heavy atom. The quantitative estimate of drug-likeness (QED) is 0.830.